The first-order valence-electron chi connectivity index (χ1n) is 9.18. The van der Waals surface area contributed by atoms with Gasteiger partial charge in [-0.05, 0) is 36.6 Å². The van der Waals surface area contributed by atoms with Crippen molar-refractivity contribution in [3.63, 3.8) is 0 Å². The number of H-pyrrole nitrogens is 1. The molecule has 0 aliphatic rings. The Kier molecular flexibility index (Phi) is 4.93. The Labute approximate surface area is 162 Å². The highest BCUT2D eigenvalue weighted by atomic mass is 16.5. The largest absolute Gasteiger partial charge is 0.497 e. The van der Waals surface area contributed by atoms with Gasteiger partial charge in [0, 0.05) is 29.9 Å². The van der Waals surface area contributed by atoms with E-state index in [-0.39, 0.29) is 5.63 Å². The Bertz CT molecular complexity index is 1160. The number of hydrogen-bond acceptors (Lipinski definition) is 5. The Hall–Kier alpha value is -3.41. The van der Waals surface area contributed by atoms with Crippen LogP contribution in [0.2, 0.25) is 0 Å². The van der Waals surface area contributed by atoms with Crippen LogP contribution in [0.3, 0.4) is 0 Å². The number of rotatable bonds is 6. The van der Waals surface area contributed by atoms with Crippen molar-refractivity contribution in [3.8, 4) is 5.75 Å². The lowest BCUT2D eigenvalue weighted by Crippen LogP contribution is -2.11. The first kappa shape index (κ1) is 18.0. The second-order valence-electron chi connectivity index (χ2n) is 6.72. The molecule has 0 radical (unpaired) electrons. The van der Waals surface area contributed by atoms with Gasteiger partial charge in [-0.3, -0.25) is 5.10 Å². The van der Waals surface area contributed by atoms with Crippen LogP contribution < -0.4 is 10.4 Å². The van der Waals surface area contributed by atoms with Crippen LogP contribution >= 0.6 is 0 Å². The Morgan fingerprint density at radius 2 is 1.93 bits per heavy atom. The van der Waals surface area contributed by atoms with Gasteiger partial charge in [0.25, 0.3) is 0 Å². The lowest BCUT2D eigenvalue weighted by atomic mass is 10.0. The molecule has 0 fully saturated rings. The molecule has 0 amide bonds. The molecule has 4 rings (SSSR count). The molecule has 0 aliphatic carbocycles. The fourth-order valence-electron chi connectivity index (χ4n) is 3.30. The van der Waals surface area contributed by atoms with Crippen LogP contribution in [0.4, 0.5) is 0 Å². The van der Waals surface area contributed by atoms with Gasteiger partial charge in [-0.25, -0.2) is 9.78 Å². The van der Waals surface area contributed by atoms with E-state index in [1.54, 1.807) is 13.2 Å². The molecule has 2 aromatic carbocycles. The predicted molar refractivity (Wildman–Crippen MR) is 107 cm³/mol. The van der Waals surface area contributed by atoms with E-state index in [4.69, 9.17) is 9.15 Å². The zero-order valence-electron chi connectivity index (χ0n) is 15.9. The topological polar surface area (TPSA) is 81.0 Å². The molecule has 0 spiro atoms. The summed E-state index contributed by atoms with van der Waals surface area (Å²) in [5.41, 5.74) is 2.88. The first-order valence-corrected chi connectivity index (χ1v) is 9.18. The number of hydrogen-bond donors (Lipinski definition) is 1. The minimum absolute atomic E-state index is 0.356. The van der Waals surface area contributed by atoms with Crippen LogP contribution in [0.25, 0.3) is 11.0 Å². The molecule has 0 aliphatic heterocycles. The van der Waals surface area contributed by atoms with Crippen molar-refractivity contribution in [2.45, 2.75) is 26.2 Å². The summed E-state index contributed by atoms with van der Waals surface area (Å²) in [4.78, 5) is 17.0. The third kappa shape index (κ3) is 3.67. The van der Waals surface area contributed by atoms with E-state index in [9.17, 15) is 4.79 Å². The lowest BCUT2D eigenvalue weighted by molar-refractivity contribution is 0.414. The van der Waals surface area contributed by atoms with E-state index >= 15 is 0 Å². The normalized spacial score (nSPS) is 11.1. The van der Waals surface area contributed by atoms with Crippen LogP contribution in [0.5, 0.6) is 5.75 Å². The third-order valence-electron chi connectivity index (χ3n) is 4.90. The number of ether oxygens (including phenoxy) is 1. The van der Waals surface area contributed by atoms with E-state index in [2.05, 4.69) is 27.3 Å². The summed E-state index contributed by atoms with van der Waals surface area (Å²) < 4.78 is 10.7. The van der Waals surface area contributed by atoms with Gasteiger partial charge >= 0.3 is 5.63 Å². The monoisotopic (exact) mass is 375 g/mol. The number of nitrogens with one attached hydrogen (secondary N) is 1. The molecule has 4 aromatic rings. The smallest absolute Gasteiger partial charge is 0.340 e. The average molecular weight is 375 g/mol. The zero-order chi connectivity index (χ0) is 19.5. The molecule has 1 N–H and O–H groups in total. The zero-order valence-corrected chi connectivity index (χ0v) is 15.9. The van der Waals surface area contributed by atoms with Crippen molar-refractivity contribution in [2.24, 2.45) is 0 Å². The third-order valence-corrected chi connectivity index (χ3v) is 4.90. The van der Waals surface area contributed by atoms with Crippen molar-refractivity contribution in [1.82, 2.24) is 15.2 Å². The van der Waals surface area contributed by atoms with Crippen LogP contribution in [0.1, 0.15) is 28.3 Å². The van der Waals surface area contributed by atoms with Crippen molar-refractivity contribution >= 4 is 11.0 Å². The first-order chi connectivity index (χ1) is 13.6. The fourth-order valence-corrected chi connectivity index (χ4v) is 3.30. The van der Waals surface area contributed by atoms with Gasteiger partial charge in [-0.2, -0.15) is 5.10 Å². The van der Waals surface area contributed by atoms with Gasteiger partial charge in [0.1, 0.15) is 17.2 Å². The van der Waals surface area contributed by atoms with Crippen LogP contribution in [0.15, 0.2) is 57.7 Å². The number of nitrogens with zero attached hydrogens (tertiary/aromatic N) is 2. The number of aromatic nitrogens is 3. The molecule has 2 heterocycles. The molecule has 6 heteroatoms. The van der Waals surface area contributed by atoms with Gasteiger partial charge < -0.3 is 9.15 Å². The maximum Gasteiger partial charge on any atom is 0.340 e. The number of fused-ring (bicyclic) bond motifs is 1. The SMILES string of the molecule is COc1ccc2c(C)c(Cc3nc(CCc4ccccc4)n[nH]3)c(=O)oc2c1. The van der Waals surface area contributed by atoms with Gasteiger partial charge in [0.05, 0.1) is 7.11 Å². The summed E-state index contributed by atoms with van der Waals surface area (Å²) in [6.07, 6.45) is 1.97. The number of aromatic amines is 1. The highest BCUT2D eigenvalue weighted by molar-refractivity contribution is 5.82. The molecule has 0 bridgehead atoms. The highest BCUT2D eigenvalue weighted by Crippen LogP contribution is 2.24. The minimum atomic E-state index is -0.361. The second kappa shape index (κ2) is 7.68. The second-order valence-corrected chi connectivity index (χ2v) is 6.72. The molecule has 6 nitrogen and oxygen atoms in total. The lowest BCUT2D eigenvalue weighted by Gasteiger charge is -2.07. The standard InChI is InChI=1S/C22H21N3O3/c1-14-17-10-9-16(27-2)12-19(17)28-22(26)18(14)13-21-23-20(24-25-21)11-8-15-6-4-3-5-7-15/h3-7,9-10,12H,8,11,13H2,1-2H3,(H,23,24,25). The Morgan fingerprint density at radius 3 is 2.71 bits per heavy atom. The van der Waals surface area contributed by atoms with Gasteiger partial charge in [-0.1, -0.05) is 30.3 Å². The molecular formula is C22H21N3O3. The Morgan fingerprint density at radius 1 is 1.11 bits per heavy atom. The summed E-state index contributed by atoms with van der Waals surface area (Å²) in [5, 5.41) is 8.12. The molecule has 142 valence electrons. The molecule has 0 unspecified atom stereocenters. The number of methoxy groups -OCH3 is 1. The van der Waals surface area contributed by atoms with E-state index in [1.165, 1.54) is 5.56 Å². The summed E-state index contributed by atoms with van der Waals surface area (Å²) >= 11 is 0. The van der Waals surface area contributed by atoms with Crippen molar-refractivity contribution < 1.29 is 9.15 Å². The molecular weight excluding hydrogens is 354 g/mol. The number of aryl methyl sites for hydroxylation is 3. The minimum Gasteiger partial charge on any atom is -0.497 e. The summed E-state index contributed by atoms with van der Waals surface area (Å²) in [5.74, 6) is 2.05. The van der Waals surface area contributed by atoms with Gasteiger partial charge in [0.15, 0.2) is 5.82 Å². The van der Waals surface area contributed by atoms with Gasteiger partial charge in [0.2, 0.25) is 0 Å². The fraction of sp³-hybridized carbons (Fsp3) is 0.227. The molecule has 0 saturated heterocycles. The van der Waals surface area contributed by atoms with Crippen LogP contribution in [-0.4, -0.2) is 22.3 Å². The molecule has 0 saturated carbocycles. The predicted octanol–water partition coefficient (Wildman–Crippen LogP) is 3.60. The summed E-state index contributed by atoms with van der Waals surface area (Å²) in [6, 6.07) is 15.7. The maximum absolute atomic E-state index is 12.5. The summed E-state index contributed by atoms with van der Waals surface area (Å²) in [7, 11) is 1.58. The van der Waals surface area contributed by atoms with Crippen molar-refractivity contribution in [3.05, 3.63) is 87.3 Å². The van der Waals surface area contributed by atoms with Crippen LogP contribution in [0, 0.1) is 6.92 Å². The summed E-state index contributed by atoms with van der Waals surface area (Å²) in [6.45, 7) is 1.92. The molecule has 0 atom stereocenters. The average Bonchev–Trinajstić information content (AvgIpc) is 3.17. The Balaban J connectivity index is 1.55. The maximum atomic E-state index is 12.5. The number of benzene rings is 2. The van der Waals surface area contributed by atoms with E-state index < -0.39 is 0 Å². The quantitative estimate of drug-likeness (QED) is 0.521. The molecule has 2 aromatic heterocycles. The van der Waals surface area contributed by atoms with Crippen molar-refractivity contribution in [1.29, 1.82) is 0 Å². The highest BCUT2D eigenvalue weighted by Gasteiger charge is 2.15. The molecule has 28 heavy (non-hydrogen) atoms. The van der Waals surface area contributed by atoms with Crippen molar-refractivity contribution in [2.75, 3.05) is 7.11 Å². The van der Waals surface area contributed by atoms with E-state index in [0.717, 1.165) is 29.6 Å². The van der Waals surface area contributed by atoms with Crippen LogP contribution in [-0.2, 0) is 19.3 Å². The van der Waals surface area contributed by atoms with Gasteiger partial charge in [-0.15, -0.1) is 0 Å². The van der Waals surface area contributed by atoms with E-state index in [1.807, 2.05) is 37.3 Å². The van der Waals surface area contributed by atoms with E-state index in [0.29, 0.717) is 29.1 Å².